The molecule has 0 radical (unpaired) electrons. The van der Waals surface area contributed by atoms with Crippen molar-refractivity contribution in [3.8, 4) is 0 Å². The van der Waals surface area contributed by atoms with E-state index in [0.29, 0.717) is 6.61 Å². The van der Waals surface area contributed by atoms with Crippen molar-refractivity contribution >= 4 is 18.4 Å². The van der Waals surface area contributed by atoms with E-state index in [1.807, 2.05) is 6.08 Å². The van der Waals surface area contributed by atoms with Gasteiger partial charge in [-0.25, -0.2) is 0 Å². The standard InChI is InChI=1S/C7H12O2.ClH/c1-3-4-5-6-9-7(2)8;/h3H,1,4-6H2,2H3;1H. The molecule has 0 fully saturated rings. The van der Waals surface area contributed by atoms with Crippen molar-refractivity contribution in [3.05, 3.63) is 12.7 Å². The molecule has 10 heavy (non-hydrogen) atoms. The summed E-state index contributed by atoms with van der Waals surface area (Å²) in [6.45, 7) is 5.46. The molecule has 0 rings (SSSR count). The normalized spacial score (nSPS) is 7.70. The average molecular weight is 165 g/mol. The second kappa shape index (κ2) is 8.50. The van der Waals surface area contributed by atoms with Gasteiger partial charge in [0.15, 0.2) is 0 Å². The van der Waals surface area contributed by atoms with E-state index in [1.165, 1.54) is 6.92 Å². The number of allylic oxidation sites excluding steroid dienone is 1. The number of ether oxygens (including phenoxy) is 1. The third-order valence-electron chi connectivity index (χ3n) is 0.858. The van der Waals surface area contributed by atoms with Crippen LogP contribution >= 0.6 is 12.4 Å². The fourth-order valence-corrected chi connectivity index (χ4v) is 0.444. The molecular formula is C7H13ClO2. The number of unbranched alkanes of at least 4 members (excludes halogenated alkanes) is 1. The lowest BCUT2D eigenvalue weighted by atomic mass is 10.3. The molecule has 0 unspecified atom stereocenters. The van der Waals surface area contributed by atoms with Crippen molar-refractivity contribution in [1.29, 1.82) is 0 Å². The van der Waals surface area contributed by atoms with Crippen LogP contribution < -0.4 is 0 Å². The van der Waals surface area contributed by atoms with Crippen molar-refractivity contribution in [1.82, 2.24) is 0 Å². The largest absolute Gasteiger partial charge is 0.466 e. The predicted molar refractivity (Wildman–Crippen MR) is 43.3 cm³/mol. The Hall–Kier alpha value is -0.500. The van der Waals surface area contributed by atoms with Gasteiger partial charge in [-0.1, -0.05) is 6.08 Å². The Balaban J connectivity index is 0. The van der Waals surface area contributed by atoms with E-state index in [9.17, 15) is 4.79 Å². The average Bonchev–Trinajstić information content (AvgIpc) is 1.80. The molecule has 0 saturated carbocycles. The number of carbonyl (C=O) groups is 1. The van der Waals surface area contributed by atoms with Gasteiger partial charge in [0.25, 0.3) is 0 Å². The molecule has 0 aliphatic heterocycles. The van der Waals surface area contributed by atoms with Crippen LogP contribution in [0.4, 0.5) is 0 Å². The van der Waals surface area contributed by atoms with Gasteiger partial charge in [-0.05, 0) is 12.8 Å². The summed E-state index contributed by atoms with van der Waals surface area (Å²) in [6.07, 6.45) is 3.60. The maximum Gasteiger partial charge on any atom is 0.302 e. The topological polar surface area (TPSA) is 26.3 Å². The molecule has 0 saturated heterocycles. The monoisotopic (exact) mass is 164 g/mol. The zero-order valence-electron chi connectivity index (χ0n) is 6.13. The van der Waals surface area contributed by atoms with Gasteiger partial charge in [-0.15, -0.1) is 19.0 Å². The molecule has 0 aromatic heterocycles. The molecule has 2 nitrogen and oxygen atoms in total. The summed E-state index contributed by atoms with van der Waals surface area (Å²) < 4.78 is 4.66. The Morgan fingerprint density at radius 3 is 2.70 bits per heavy atom. The molecule has 0 amide bonds. The molecule has 0 aromatic rings. The van der Waals surface area contributed by atoms with Crippen LogP contribution in [0.3, 0.4) is 0 Å². The van der Waals surface area contributed by atoms with Gasteiger partial charge in [-0.2, -0.15) is 0 Å². The van der Waals surface area contributed by atoms with Gasteiger partial charge in [0.1, 0.15) is 0 Å². The fraction of sp³-hybridized carbons (Fsp3) is 0.571. The summed E-state index contributed by atoms with van der Waals surface area (Å²) in [7, 11) is 0. The lowest BCUT2D eigenvalue weighted by Crippen LogP contribution is -1.99. The molecule has 0 bridgehead atoms. The lowest BCUT2D eigenvalue weighted by Gasteiger charge is -1.96. The third kappa shape index (κ3) is 10.5. The summed E-state index contributed by atoms with van der Waals surface area (Å²) >= 11 is 0. The second-order valence-corrected chi connectivity index (χ2v) is 1.77. The van der Waals surface area contributed by atoms with Crippen LogP contribution in [0.5, 0.6) is 0 Å². The molecule has 3 heteroatoms. The maximum absolute atomic E-state index is 10.2. The molecule has 0 aromatic carbocycles. The van der Waals surface area contributed by atoms with E-state index in [0.717, 1.165) is 12.8 Å². The summed E-state index contributed by atoms with van der Waals surface area (Å²) in [5.74, 6) is -0.209. The summed E-state index contributed by atoms with van der Waals surface area (Å²) in [4.78, 5) is 10.2. The zero-order chi connectivity index (χ0) is 7.11. The van der Waals surface area contributed by atoms with Crippen LogP contribution in [-0.4, -0.2) is 12.6 Å². The van der Waals surface area contributed by atoms with Crippen LogP contribution in [0.2, 0.25) is 0 Å². The number of halogens is 1. The van der Waals surface area contributed by atoms with Gasteiger partial charge >= 0.3 is 5.97 Å². The molecule has 0 heterocycles. The van der Waals surface area contributed by atoms with Crippen LogP contribution in [-0.2, 0) is 9.53 Å². The molecule has 0 N–H and O–H groups in total. The first-order valence-electron chi connectivity index (χ1n) is 3.01. The first-order valence-corrected chi connectivity index (χ1v) is 3.01. The first-order chi connectivity index (χ1) is 4.27. The first kappa shape index (κ1) is 12.2. The van der Waals surface area contributed by atoms with Gasteiger partial charge < -0.3 is 4.74 Å². The molecule has 0 atom stereocenters. The highest BCUT2D eigenvalue weighted by Gasteiger charge is 1.88. The lowest BCUT2D eigenvalue weighted by molar-refractivity contribution is -0.141. The number of esters is 1. The number of carbonyl (C=O) groups excluding carboxylic acids is 1. The summed E-state index contributed by atoms with van der Waals surface area (Å²) in [6, 6.07) is 0. The number of hydrogen-bond donors (Lipinski definition) is 0. The minimum absolute atomic E-state index is 0. The Morgan fingerprint density at radius 1 is 1.70 bits per heavy atom. The number of hydrogen-bond acceptors (Lipinski definition) is 2. The van der Waals surface area contributed by atoms with Crippen LogP contribution in [0.1, 0.15) is 19.8 Å². The highest BCUT2D eigenvalue weighted by Crippen LogP contribution is 1.89. The highest BCUT2D eigenvalue weighted by atomic mass is 35.5. The second-order valence-electron chi connectivity index (χ2n) is 1.77. The molecule has 60 valence electrons. The summed E-state index contributed by atoms with van der Waals surface area (Å²) in [5.41, 5.74) is 0. The Morgan fingerprint density at radius 2 is 2.30 bits per heavy atom. The molecule has 0 aliphatic carbocycles. The van der Waals surface area contributed by atoms with E-state index in [1.54, 1.807) is 0 Å². The molecule has 0 aliphatic rings. The van der Waals surface area contributed by atoms with Crippen molar-refractivity contribution in [3.63, 3.8) is 0 Å². The highest BCUT2D eigenvalue weighted by molar-refractivity contribution is 5.85. The predicted octanol–water partition coefficient (Wildman–Crippen LogP) is 1.94. The SMILES string of the molecule is C=CCCCOC(C)=O.Cl. The van der Waals surface area contributed by atoms with E-state index < -0.39 is 0 Å². The molecule has 0 spiro atoms. The van der Waals surface area contributed by atoms with E-state index in [2.05, 4.69) is 11.3 Å². The van der Waals surface area contributed by atoms with E-state index in [-0.39, 0.29) is 18.4 Å². The van der Waals surface area contributed by atoms with Gasteiger partial charge in [0.2, 0.25) is 0 Å². The van der Waals surface area contributed by atoms with Crippen LogP contribution in [0.15, 0.2) is 12.7 Å². The van der Waals surface area contributed by atoms with E-state index in [4.69, 9.17) is 0 Å². The van der Waals surface area contributed by atoms with Crippen molar-refractivity contribution in [2.45, 2.75) is 19.8 Å². The fourth-order valence-electron chi connectivity index (χ4n) is 0.444. The quantitative estimate of drug-likeness (QED) is 0.361. The third-order valence-corrected chi connectivity index (χ3v) is 0.858. The Bertz CT molecular complexity index is 102. The van der Waals surface area contributed by atoms with Crippen molar-refractivity contribution in [2.24, 2.45) is 0 Å². The minimum Gasteiger partial charge on any atom is -0.466 e. The van der Waals surface area contributed by atoms with E-state index >= 15 is 0 Å². The van der Waals surface area contributed by atoms with Gasteiger partial charge in [0.05, 0.1) is 6.61 Å². The maximum atomic E-state index is 10.2. The van der Waals surface area contributed by atoms with Gasteiger partial charge in [0, 0.05) is 6.92 Å². The molecular weight excluding hydrogens is 152 g/mol. The summed E-state index contributed by atoms with van der Waals surface area (Å²) in [5, 5.41) is 0. The smallest absolute Gasteiger partial charge is 0.302 e. The van der Waals surface area contributed by atoms with Crippen molar-refractivity contribution in [2.75, 3.05) is 6.61 Å². The van der Waals surface area contributed by atoms with Crippen molar-refractivity contribution < 1.29 is 9.53 Å². The Kier molecular flexibility index (Phi) is 10.4. The van der Waals surface area contributed by atoms with Gasteiger partial charge in [-0.3, -0.25) is 4.79 Å². The Labute approximate surface area is 67.7 Å². The number of rotatable bonds is 4. The minimum atomic E-state index is -0.209. The van der Waals surface area contributed by atoms with Crippen LogP contribution in [0.25, 0.3) is 0 Å². The van der Waals surface area contributed by atoms with Crippen LogP contribution in [0, 0.1) is 0 Å². The zero-order valence-corrected chi connectivity index (χ0v) is 6.95.